The van der Waals surface area contributed by atoms with Crippen molar-refractivity contribution in [2.45, 2.75) is 12.1 Å². The first-order chi connectivity index (χ1) is 4.75. The molecule has 0 spiro atoms. The summed E-state index contributed by atoms with van der Waals surface area (Å²) in [6.45, 7) is 0. The fourth-order valence-electron chi connectivity index (χ4n) is 0.826. The average Bonchev–Trinajstić information content (AvgIpc) is 1.95. The number of hydrogen-bond acceptors (Lipinski definition) is 3. The Bertz CT molecular complexity index is 196. The summed E-state index contributed by atoms with van der Waals surface area (Å²) in [5, 5.41) is 9.07. The fourth-order valence-corrected chi connectivity index (χ4v) is 0.826. The number of carbonyl (C=O) groups excluding carboxylic acids is 1. The van der Waals surface area contributed by atoms with Crippen LogP contribution in [0.1, 0.15) is 0 Å². The molecule has 10 heavy (non-hydrogen) atoms. The molecule has 0 saturated heterocycles. The molecule has 0 bridgehead atoms. The van der Waals surface area contributed by atoms with Gasteiger partial charge in [-0.25, -0.2) is 0 Å². The monoisotopic (exact) mass is 139 g/mol. The van der Waals surface area contributed by atoms with E-state index in [-0.39, 0.29) is 0 Å². The number of nitrogens with two attached hydrogens (primary N) is 1. The van der Waals surface area contributed by atoms with Crippen LogP contribution in [-0.2, 0) is 4.79 Å². The minimum atomic E-state index is -0.717. The lowest BCUT2D eigenvalue weighted by Crippen LogP contribution is -2.36. The summed E-state index contributed by atoms with van der Waals surface area (Å²) in [4.78, 5) is 10.2. The standard InChI is InChI=1S/C7H9NO2/c8-7-5(4-9)2-1-3-6(7)10/h1-4,6-7,10H,8H2. The molecule has 1 aliphatic carbocycles. The zero-order chi connectivity index (χ0) is 7.56. The van der Waals surface area contributed by atoms with Gasteiger partial charge in [0, 0.05) is 5.57 Å². The number of aliphatic hydroxyl groups is 1. The summed E-state index contributed by atoms with van der Waals surface area (Å²) in [7, 11) is 0. The molecule has 2 unspecified atom stereocenters. The van der Waals surface area contributed by atoms with E-state index >= 15 is 0 Å². The van der Waals surface area contributed by atoms with Gasteiger partial charge in [0.25, 0.3) is 0 Å². The molecule has 0 heterocycles. The molecule has 0 aromatic carbocycles. The summed E-state index contributed by atoms with van der Waals surface area (Å²) in [5.41, 5.74) is 5.87. The molecule has 1 rings (SSSR count). The molecule has 1 aliphatic rings. The van der Waals surface area contributed by atoms with E-state index in [1.807, 2.05) is 0 Å². The molecular formula is C7H9NO2. The van der Waals surface area contributed by atoms with Gasteiger partial charge in [-0.3, -0.25) is 4.79 Å². The van der Waals surface area contributed by atoms with E-state index in [2.05, 4.69) is 0 Å². The van der Waals surface area contributed by atoms with E-state index in [0.29, 0.717) is 11.9 Å². The van der Waals surface area contributed by atoms with Gasteiger partial charge >= 0.3 is 0 Å². The van der Waals surface area contributed by atoms with E-state index in [0.717, 1.165) is 0 Å². The van der Waals surface area contributed by atoms with Crippen LogP contribution >= 0.6 is 0 Å². The van der Waals surface area contributed by atoms with Gasteiger partial charge in [-0.1, -0.05) is 18.2 Å². The molecule has 2 atom stereocenters. The SMILES string of the molecule is NC1C(C=O)=CC=CC1O. The van der Waals surface area contributed by atoms with Gasteiger partial charge in [0.2, 0.25) is 0 Å². The minimum Gasteiger partial charge on any atom is -0.387 e. The van der Waals surface area contributed by atoms with E-state index in [1.54, 1.807) is 18.2 Å². The van der Waals surface area contributed by atoms with Crippen molar-refractivity contribution in [3.05, 3.63) is 23.8 Å². The van der Waals surface area contributed by atoms with Crippen molar-refractivity contribution in [3.63, 3.8) is 0 Å². The van der Waals surface area contributed by atoms with Crippen molar-refractivity contribution >= 4 is 6.29 Å². The lowest BCUT2D eigenvalue weighted by Gasteiger charge is -2.17. The molecule has 0 amide bonds. The topological polar surface area (TPSA) is 63.3 Å². The zero-order valence-corrected chi connectivity index (χ0v) is 5.40. The predicted molar refractivity (Wildman–Crippen MR) is 37.3 cm³/mol. The lowest BCUT2D eigenvalue weighted by molar-refractivity contribution is -0.105. The number of rotatable bonds is 1. The first-order valence-electron chi connectivity index (χ1n) is 3.03. The molecule has 0 fully saturated rings. The van der Waals surface area contributed by atoms with Crippen LogP contribution in [0.3, 0.4) is 0 Å². The van der Waals surface area contributed by atoms with Crippen molar-refractivity contribution in [2.75, 3.05) is 0 Å². The molecule has 0 saturated carbocycles. The molecule has 3 nitrogen and oxygen atoms in total. The van der Waals surface area contributed by atoms with Crippen LogP contribution in [0.15, 0.2) is 23.8 Å². The van der Waals surface area contributed by atoms with E-state index < -0.39 is 12.1 Å². The first-order valence-corrected chi connectivity index (χ1v) is 3.03. The Balaban J connectivity index is 2.81. The predicted octanol–water partition coefficient (Wildman–Crippen LogP) is -0.630. The van der Waals surface area contributed by atoms with E-state index in [9.17, 15) is 4.79 Å². The summed E-state index contributed by atoms with van der Waals surface area (Å²) in [6.07, 6.45) is 4.72. The highest BCUT2D eigenvalue weighted by Gasteiger charge is 2.17. The Hall–Kier alpha value is -0.930. The average molecular weight is 139 g/mol. The highest BCUT2D eigenvalue weighted by molar-refractivity contribution is 5.76. The highest BCUT2D eigenvalue weighted by atomic mass is 16.3. The number of aldehydes is 1. The molecule has 3 heteroatoms. The van der Waals surface area contributed by atoms with Crippen molar-refractivity contribution < 1.29 is 9.90 Å². The smallest absolute Gasteiger partial charge is 0.147 e. The maximum absolute atomic E-state index is 10.2. The second-order valence-electron chi connectivity index (χ2n) is 2.19. The third-order valence-corrected chi connectivity index (χ3v) is 1.49. The molecule has 0 aromatic rings. The number of allylic oxidation sites excluding steroid dienone is 2. The molecule has 0 aliphatic heterocycles. The lowest BCUT2D eigenvalue weighted by atomic mass is 9.99. The Morgan fingerprint density at radius 3 is 2.90 bits per heavy atom. The summed E-state index contributed by atoms with van der Waals surface area (Å²) in [5.74, 6) is 0. The Morgan fingerprint density at radius 2 is 2.40 bits per heavy atom. The summed E-state index contributed by atoms with van der Waals surface area (Å²) >= 11 is 0. The number of hydrogen-bond donors (Lipinski definition) is 2. The van der Waals surface area contributed by atoms with Crippen molar-refractivity contribution in [2.24, 2.45) is 5.73 Å². The van der Waals surface area contributed by atoms with Crippen LogP contribution in [-0.4, -0.2) is 23.5 Å². The summed E-state index contributed by atoms with van der Waals surface area (Å²) < 4.78 is 0. The van der Waals surface area contributed by atoms with Gasteiger partial charge in [0.1, 0.15) is 6.29 Å². The van der Waals surface area contributed by atoms with Crippen LogP contribution in [0.25, 0.3) is 0 Å². The second kappa shape index (κ2) is 2.77. The van der Waals surface area contributed by atoms with Crippen LogP contribution in [0, 0.1) is 0 Å². The van der Waals surface area contributed by atoms with E-state index in [1.165, 1.54) is 0 Å². The maximum Gasteiger partial charge on any atom is 0.147 e. The van der Waals surface area contributed by atoms with Gasteiger partial charge in [-0.05, 0) is 0 Å². The van der Waals surface area contributed by atoms with Crippen LogP contribution in [0.4, 0.5) is 0 Å². The quantitative estimate of drug-likeness (QED) is 0.475. The van der Waals surface area contributed by atoms with Crippen molar-refractivity contribution in [1.29, 1.82) is 0 Å². The Morgan fingerprint density at radius 1 is 1.70 bits per heavy atom. The van der Waals surface area contributed by atoms with Crippen LogP contribution in [0.2, 0.25) is 0 Å². The van der Waals surface area contributed by atoms with Gasteiger partial charge in [0.05, 0.1) is 12.1 Å². The van der Waals surface area contributed by atoms with Crippen molar-refractivity contribution in [3.8, 4) is 0 Å². The molecule has 3 N–H and O–H groups in total. The van der Waals surface area contributed by atoms with Gasteiger partial charge in [-0.15, -0.1) is 0 Å². The van der Waals surface area contributed by atoms with E-state index in [4.69, 9.17) is 10.8 Å². The normalized spacial score (nSPS) is 31.6. The van der Waals surface area contributed by atoms with Gasteiger partial charge in [0.15, 0.2) is 0 Å². The molecule has 54 valence electrons. The van der Waals surface area contributed by atoms with Gasteiger partial charge in [-0.2, -0.15) is 0 Å². The van der Waals surface area contributed by atoms with Crippen molar-refractivity contribution in [1.82, 2.24) is 0 Å². The zero-order valence-electron chi connectivity index (χ0n) is 5.40. The molecule has 0 aromatic heterocycles. The molecular weight excluding hydrogens is 130 g/mol. The summed E-state index contributed by atoms with van der Waals surface area (Å²) in [6, 6.07) is -0.553. The van der Waals surface area contributed by atoms with Crippen LogP contribution in [0.5, 0.6) is 0 Å². The largest absolute Gasteiger partial charge is 0.387 e. The third kappa shape index (κ3) is 1.15. The maximum atomic E-state index is 10.2. The van der Waals surface area contributed by atoms with Crippen LogP contribution < -0.4 is 5.73 Å². The Kier molecular flexibility index (Phi) is 1.99. The minimum absolute atomic E-state index is 0.440. The first kappa shape index (κ1) is 7.18. The fraction of sp³-hybridized carbons (Fsp3) is 0.286. The Labute approximate surface area is 58.8 Å². The number of aliphatic hydroxyl groups excluding tert-OH is 1. The highest BCUT2D eigenvalue weighted by Crippen LogP contribution is 2.08. The van der Waals surface area contributed by atoms with Gasteiger partial charge < -0.3 is 10.8 Å². The second-order valence-corrected chi connectivity index (χ2v) is 2.19. The molecule has 0 radical (unpaired) electrons. The third-order valence-electron chi connectivity index (χ3n) is 1.49. The number of carbonyl (C=O) groups is 1.